The number of benzene rings is 1. The quantitative estimate of drug-likeness (QED) is 0.835. The first kappa shape index (κ1) is 10.6. The first-order valence-corrected chi connectivity index (χ1v) is 5.30. The summed E-state index contributed by atoms with van der Waals surface area (Å²) in [7, 11) is 0. The highest BCUT2D eigenvalue weighted by atomic mass is 16.3. The van der Waals surface area contributed by atoms with E-state index >= 15 is 0 Å². The Morgan fingerprint density at radius 1 is 1.12 bits per heavy atom. The van der Waals surface area contributed by atoms with Crippen LogP contribution in [0.3, 0.4) is 0 Å². The molecule has 2 rings (SSSR count). The predicted octanol–water partition coefficient (Wildman–Crippen LogP) is 2.97. The van der Waals surface area contributed by atoms with Gasteiger partial charge in [0.25, 0.3) is 0 Å². The number of aromatic hydroxyl groups is 1. The summed E-state index contributed by atoms with van der Waals surface area (Å²) in [6.45, 7) is 4.09. The Bertz CT molecular complexity index is 495. The third-order valence-electron chi connectivity index (χ3n) is 2.37. The van der Waals surface area contributed by atoms with Crippen molar-refractivity contribution in [2.45, 2.75) is 19.8 Å². The lowest BCUT2D eigenvalue weighted by Crippen LogP contribution is -1.97. The second kappa shape index (κ2) is 4.31. The Morgan fingerprint density at radius 2 is 1.88 bits per heavy atom. The highest BCUT2D eigenvalue weighted by molar-refractivity contribution is 5.66. The molecular weight excluding hydrogens is 200 g/mol. The van der Waals surface area contributed by atoms with Gasteiger partial charge in [0, 0.05) is 17.7 Å². The lowest BCUT2D eigenvalue weighted by molar-refractivity contribution is 0.477. The van der Waals surface area contributed by atoms with Crippen LogP contribution >= 0.6 is 0 Å². The van der Waals surface area contributed by atoms with E-state index in [1.165, 1.54) is 0 Å². The molecule has 1 heterocycles. The summed E-state index contributed by atoms with van der Waals surface area (Å²) in [6.07, 6.45) is 1.73. The number of aromatic nitrogens is 2. The molecule has 3 nitrogen and oxygen atoms in total. The normalized spacial score (nSPS) is 10.7. The van der Waals surface area contributed by atoms with Crippen molar-refractivity contribution in [2.75, 3.05) is 0 Å². The van der Waals surface area contributed by atoms with Crippen LogP contribution in [-0.4, -0.2) is 15.1 Å². The van der Waals surface area contributed by atoms with Crippen molar-refractivity contribution in [3.05, 3.63) is 42.4 Å². The molecule has 0 radical (unpaired) electrons. The lowest BCUT2D eigenvalue weighted by atomic mass is 10.1. The van der Waals surface area contributed by atoms with Gasteiger partial charge in [-0.25, -0.2) is 9.97 Å². The fourth-order valence-corrected chi connectivity index (χ4v) is 1.49. The molecule has 1 N–H and O–H groups in total. The summed E-state index contributed by atoms with van der Waals surface area (Å²) in [5.41, 5.74) is 1.50. The molecule has 0 unspecified atom stereocenters. The number of rotatable bonds is 2. The van der Waals surface area contributed by atoms with Crippen molar-refractivity contribution in [3.63, 3.8) is 0 Å². The van der Waals surface area contributed by atoms with Crippen LogP contribution in [0.4, 0.5) is 0 Å². The Morgan fingerprint density at radius 3 is 2.56 bits per heavy atom. The van der Waals surface area contributed by atoms with Crippen molar-refractivity contribution in [1.82, 2.24) is 9.97 Å². The molecule has 16 heavy (non-hydrogen) atoms. The molecule has 0 saturated heterocycles. The van der Waals surface area contributed by atoms with Crippen molar-refractivity contribution in [3.8, 4) is 17.0 Å². The maximum absolute atomic E-state index is 9.73. The summed E-state index contributed by atoms with van der Waals surface area (Å²) < 4.78 is 0. The van der Waals surface area contributed by atoms with Crippen molar-refractivity contribution in [2.24, 2.45) is 0 Å². The number of nitrogens with zero attached hydrogens (tertiary/aromatic N) is 2. The molecule has 0 amide bonds. The smallest absolute Gasteiger partial charge is 0.131 e. The van der Waals surface area contributed by atoms with Crippen LogP contribution < -0.4 is 0 Å². The summed E-state index contributed by atoms with van der Waals surface area (Å²) in [4.78, 5) is 8.63. The van der Waals surface area contributed by atoms with Gasteiger partial charge in [0.15, 0.2) is 0 Å². The van der Waals surface area contributed by atoms with Gasteiger partial charge >= 0.3 is 0 Å². The maximum atomic E-state index is 9.73. The minimum Gasteiger partial charge on any atom is -0.507 e. The summed E-state index contributed by atoms with van der Waals surface area (Å²) in [6, 6.07) is 8.99. The molecular formula is C13H14N2O. The molecule has 0 aliphatic carbocycles. The lowest BCUT2D eigenvalue weighted by Gasteiger charge is -2.07. The molecule has 0 aliphatic heterocycles. The van der Waals surface area contributed by atoms with Crippen LogP contribution in [0.1, 0.15) is 25.6 Å². The third-order valence-corrected chi connectivity index (χ3v) is 2.37. The first-order valence-electron chi connectivity index (χ1n) is 5.30. The van der Waals surface area contributed by atoms with E-state index in [0.29, 0.717) is 0 Å². The van der Waals surface area contributed by atoms with E-state index in [4.69, 9.17) is 0 Å². The van der Waals surface area contributed by atoms with E-state index in [9.17, 15) is 5.11 Å². The second-order valence-electron chi connectivity index (χ2n) is 3.97. The number of para-hydroxylation sites is 1. The molecule has 0 bridgehead atoms. The van der Waals surface area contributed by atoms with Crippen LogP contribution in [0.2, 0.25) is 0 Å². The fourth-order valence-electron chi connectivity index (χ4n) is 1.49. The molecule has 0 atom stereocenters. The Balaban J connectivity index is 2.49. The van der Waals surface area contributed by atoms with Gasteiger partial charge in [-0.3, -0.25) is 0 Å². The summed E-state index contributed by atoms with van der Waals surface area (Å²) in [5, 5.41) is 9.73. The fraction of sp³-hybridized carbons (Fsp3) is 0.231. The molecule has 1 aromatic carbocycles. The number of phenolic OH excluding ortho intramolecular Hbond substituents is 1. The van der Waals surface area contributed by atoms with Crippen molar-refractivity contribution in [1.29, 1.82) is 0 Å². The minimum absolute atomic E-state index is 0.246. The van der Waals surface area contributed by atoms with Crippen molar-refractivity contribution >= 4 is 0 Å². The van der Waals surface area contributed by atoms with Gasteiger partial charge in [-0.1, -0.05) is 26.0 Å². The van der Waals surface area contributed by atoms with E-state index in [1.54, 1.807) is 24.4 Å². The van der Waals surface area contributed by atoms with Gasteiger partial charge in [-0.15, -0.1) is 0 Å². The topological polar surface area (TPSA) is 46.0 Å². The highest BCUT2D eigenvalue weighted by Gasteiger charge is 2.07. The zero-order chi connectivity index (χ0) is 11.5. The molecule has 0 aliphatic rings. The molecule has 1 aromatic heterocycles. The molecule has 2 aromatic rings. The molecule has 82 valence electrons. The molecule has 0 spiro atoms. The summed E-state index contributed by atoms with van der Waals surface area (Å²) in [5.74, 6) is 1.32. The standard InChI is InChI=1S/C13H14N2O/c1-9(2)13-14-8-7-11(15-13)10-5-3-4-6-12(10)16/h3-9,16H,1-2H3. The predicted molar refractivity (Wildman–Crippen MR) is 63.2 cm³/mol. The van der Waals surface area contributed by atoms with E-state index in [-0.39, 0.29) is 11.7 Å². The van der Waals surface area contributed by atoms with Gasteiger partial charge in [-0.2, -0.15) is 0 Å². The van der Waals surface area contributed by atoms with Crippen LogP contribution in [0.15, 0.2) is 36.5 Å². The average molecular weight is 214 g/mol. The summed E-state index contributed by atoms with van der Waals surface area (Å²) >= 11 is 0. The van der Waals surface area contributed by atoms with Gasteiger partial charge < -0.3 is 5.11 Å². The largest absolute Gasteiger partial charge is 0.507 e. The molecule has 0 saturated carbocycles. The minimum atomic E-state index is 0.246. The highest BCUT2D eigenvalue weighted by Crippen LogP contribution is 2.27. The third kappa shape index (κ3) is 2.03. The first-order chi connectivity index (χ1) is 7.68. The molecule has 3 heteroatoms. The van der Waals surface area contributed by atoms with Gasteiger partial charge in [0.1, 0.15) is 11.6 Å². The number of hydrogen-bond donors (Lipinski definition) is 1. The van der Waals surface area contributed by atoms with E-state index in [1.807, 2.05) is 26.0 Å². The van der Waals surface area contributed by atoms with E-state index in [0.717, 1.165) is 17.1 Å². The zero-order valence-corrected chi connectivity index (χ0v) is 9.38. The van der Waals surface area contributed by atoms with Crippen molar-refractivity contribution < 1.29 is 5.11 Å². The van der Waals surface area contributed by atoms with E-state index < -0.39 is 0 Å². The Hall–Kier alpha value is -1.90. The van der Waals surface area contributed by atoms with E-state index in [2.05, 4.69) is 9.97 Å². The monoisotopic (exact) mass is 214 g/mol. The average Bonchev–Trinajstić information content (AvgIpc) is 2.30. The Labute approximate surface area is 94.8 Å². The van der Waals surface area contributed by atoms with Crippen LogP contribution in [0.25, 0.3) is 11.3 Å². The Kier molecular flexibility index (Phi) is 2.86. The van der Waals surface area contributed by atoms with Gasteiger partial charge in [-0.05, 0) is 18.2 Å². The van der Waals surface area contributed by atoms with Crippen LogP contribution in [-0.2, 0) is 0 Å². The number of hydrogen-bond acceptors (Lipinski definition) is 3. The van der Waals surface area contributed by atoms with Crippen LogP contribution in [0, 0.1) is 0 Å². The maximum Gasteiger partial charge on any atom is 0.131 e. The van der Waals surface area contributed by atoms with Gasteiger partial charge in [0.05, 0.1) is 5.69 Å². The van der Waals surface area contributed by atoms with Gasteiger partial charge in [0.2, 0.25) is 0 Å². The zero-order valence-electron chi connectivity index (χ0n) is 9.38. The number of phenols is 1. The van der Waals surface area contributed by atoms with Crippen LogP contribution in [0.5, 0.6) is 5.75 Å². The molecule has 0 fully saturated rings. The SMILES string of the molecule is CC(C)c1nccc(-c2ccccc2O)n1. The second-order valence-corrected chi connectivity index (χ2v) is 3.97.